The maximum absolute atomic E-state index is 14.1. The van der Waals surface area contributed by atoms with E-state index in [4.69, 9.17) is 9.84 Å². The van der Waals surface area contributed by atoms with Gasteiger partial charge in [-0.2, -0.15) is 0 Å². The number of aliphatic carboxylic acids is 1. The van der Waals surface area contributed by atoms with Crippen molar-refractivity contribution in [3.63, 3.8) is 0 Å². The topological polar surface area (TPSA) is 87.7 Å². The average molecular weight is 322 g/mol. The third-order valence-electron chi connectivity index (χ3n) is 4.37. The van der Waals surface area contributed by atoms with Gasteiger partial charge in [0.15, 0.2) is 0 Å². The SMILES string of the molecule is O=C(O)C1(C(=O)Nc2ccc(NCC3CCCO3)c(F)c2)CC1. The molecule has 2 fully saturated rings. The molecule has 6 nitrogen and oxygen atoms in total. The second-order valence-corrected chi connectivity index (χ2v) is 6.05. The van der Waals surface area contributed by atoms with Crippen molar-refractivity contribution in [2.45, 2.75) is 31.8 Å². The summed E-state index contributed by atoms with van der Waals surface area (Å²) in [5.74, 6) is -2.23. The van der Waals surface area contributed by atoms with Crippen molar-refractivity contribution in [2.24, 2.45) is 5.41 Å². The van der Waals surface area contributed by atoms with E-state index in [1.807, 2.05) is 0 Å². The molecule has 3 N–H and O–H groups in total. The van der Waals surface area contributed by atoms with Gasteiger partial charge in [0.1, 0.15) is 11.2 Å². The molecule has 1 aliphatic heterocycles. The summed E-state index contributed by atoms with van der Waals surface area (Å²) in [6, 6.07) is 4.27. The number of hydrogen-bond donors (Lipinski definition) is 3. The van der Waals surface area contributed by atoms with Crippen LogP contribution in [0, 0.1) is 11.2 Å². The van der Waals surface area contributed by atoms with Gasteiger partial charge in [0.2, 0.25) is 5.91 Å². The first-order valence-corrected chi connectivity index (χ1v) is 7.71. The average Bonchev–Trinajstić information content (AvgIpc) is 3.18. The number of carbonyl (C=O) groups is 2. The molecule has 124 valence electrons. The van der Waals surface area contributed by atoms with Crippen molar-refractivity contribution in [2.75, 3.05) is 23.8 Å². The Bertz CT molecular complexity index is 625. The highest BCUT2D eigenvalue weighted by Crippen LogP contribution is 2.46. The third kappa shape index (κ3) is 3.29. The normalized spacial score (nSPS) is 21.7. The minimum Gasteiger partial charge on any atom is -0.480 e. The van der Waals surface area contributed by atoms with Crippen LogP contribution >= 0.6 is 0 Å². The van der Waals surface area contributed by atoms with E-state index in [-0.39, 0.29) is 11.8 Å². The van der Waals surface area contributed by atoms with Crippen LogP contribution in [0.25, 0.3) is 0 Å². The van der Waals surface area contributed by atoms with Gasteiger partial charge < -0.3 is 20.5 Å². The molecule has 1 amide bonds. The minimum absolute atomic E-state index is 0.0964. The predicted octanol–water partition coefficient (Wildman–Crippen LogP) is 2.22. The van der Waals surface area contributed by atoms with Crippen LogP contribution in [0.1, 0.15) is 25.7 Å². The summed E-state index contributed by atoms with van der Waals surface area (Å²) >= 11 is 0. The molecule has 1 aliphatic carbocycles. The van der Waals surface area contributed by atoms with Gasteiger partial charge in [-0.1, -0.05) is 0 Å². The first kappa shape index (κ1) is 15.7. The number of carboxylic acid groups (broad SMARTS) is 1. The number of carboxylic acids is 1. The van der Waals surface area contributed by atoms with Gasteiger partial charge in [0.05, 0.1) is 11.8 Å². The monoisotopic (exact) mass is 322 g/mol. The lowest BCUT2D eigenvalue weighted by Crippen LogP contribution is -2.31. The van der Waals surface area contributed by atoms with Crippen molar-refractivity contribution in [3.8, 4) is 0 Å². The molecule has 7 heteroatoms. The van der Waals surface area contributed by atoms with Gasteiger partial charge in [-0.15, -0.1) is 0 Å². The fraction of sp³-hybridized carbons (Fsp3) is 0.500. The lowest BCUT2D eigenvalue weighted by atomic mass is 10.1. The Morgan fingerprint density at radius 2 is 2.17 bits per heavy atom. The molecule has 1 saturated heterocycles. The molecule has 0 radical (unpaired) electrons. The van der Waals surface area contributed by atoms with Crippen LogP contribution in [0.5, 0.6) is 0 Å². The highest BCUT2D eigenvalue weighted by atomic mass is 19.1. The molecule has 1 aromatic rings. The Hall–Kier alpha value is -2.15. The summed E-state index contributed by atoms with van der Waals surface area (Å²) in [5, 5.41) is 14.5. The summed E-state index contributed by atoms with van der Waals surface area (Å²) in [4.78, 5) is 23.1. The third-order valence-corrected chi connectivity index (χ3v) is 4.37. The highest BCUT2D eigenvalue weighted by Gasteiger charge is 2.57. The maximum Gasteiger partial charge on any atom is 0.319 e. The quantitative estimate of drug-likeness (QED) is 0.699. The number of amides is 1. The van der Waals surface area contributed by atoms with E-state index in [9.17, 15) is 14.0 Å². The van der Waals surface area contributed by atoms with Crippen molar-refractivity contribution in [3.05, 3.63) is 24.0 Å². The Labute approximate surface area is 133 Å². The second kappa shape index (κ2) is 6.16. The molecule has 0 spiro atoms. The Morgan fingerprint density at radius 3 is 2.74 bits per heavy atom. The van der Waals surface area contributed by atoms with Crippen LogP contribution < -0.4 is 10.6 Å². The number of nitrogens with one attached hydrogen (secondary N) is 2. The van der Waals surface area contributed by atoms with Crippen LogP contribution in [-0.2, 0) is 14.3 Å². The predicted molar refractivity (Wildman–Crippen MR) is 81.8 cm³/mol. The lowest BCUT2D eigenvalue weighted by molar-refractivity contribution is -0.147. The molecule has 0 aromatic heterocycles. The summed E-state index contributed by atoms with van der Waals surface area (Å²) in [5.41, 5.74) is -0.756. The molecule has 1 unspecified atom stereocenters. The van der Waals surface area contributed by atoms with E-state index < -0.39 is 23.1 Å². The number of carbonyl (C=O) groups excluding carboxylic acids is 1. The fourth-order valence-corrected chi connectivity index (χ4v) is 2.68. The zero-order chi connectivity index (χ0) is 16.4. The van der Waals surface area contributed by atoms with E-state index in [1.165, 1.54) is 12.1 Å². The van der Waals surface area contributed by atoms with Crippen LogP contribution in [0.2, 0.25) is 0 Å². The number of rotatable bonds is 6. The van der Waals surface area contributed by atoms with Crippen LogP contribution in [0.15, 0.2) is 18.2 Å². The van der Waals surface area contributed by atoms with Gasteiger partial charge in [0, 0.05) is 18.8 Å². The number of benzene rings is 1. The number of anilines is 2. The van der Waals surface area contributed by atoms with Crippen molar-refractivity contribution in [1.29, 1.82) is 0 Å². The van der Waals surface area contributed by atoms with Crippen LogP contribution in [0.3, 0.4) is 0 Å². The second-order valence-electron chi connectivity index (χ2n) is 6.05. The maximum atomic E-state index is 14.1. The Balaban J connectivity index is 1.60. The molecule has 23 heavy (non-hydrogen) atoms. The van der Waals surface area contributed by atoms with E-state index in [1.54, 1.807) is 6.07 Å². The first-order chi connectivity index (χ1) is 11.0. The molecule has 3 rings (SSSR count). The van der Waals surface area contributed by atoms with Crippen LogP contribution in [0.4, 0.5) is 15.8 Å². The number of ether oxygens (including phenoxy) is 1. The fourth-order valence-electron chi connectivity index (χ4n) is 2.68. The van der Waals surface area contributed by atoms with Gasteiger partial charge in [-0.25, -0.2) is 4.39 Å². The van der Waals surface area contributed by atoms with Gasteiger partial charge >= 0.3 is 5.97 Å². The molecule has 1 saturated carbocycles. The van der Waals surface area contributed by atoms with E-state index in [0.717, 1.165) is 19.4 Å². The summed E-state index contributed by atoms with van der Waals surface area (Å²) < 4.78 is 19.5. The smallest absolute Gasteiger partial charge is 0.319 e. The number of halogens is 1. The van der Waals surface area contributed by atoms with Gasteiger partial charge in [-0.05, 0) is 43.9 Å². The van der Waals surface area contributed by atoms with Gasteiger partial charge in [0.25, 0.3) is 0 Å². The molecule has 1 atom stereocenters. The molecular weight excluding hydrogens is 303 g/mol. The highest BCUT2D eigenvalue weighted by molar-refractivity contribution is 6.10. The van der Waals surface area contributed by atoms with Crippen LogP contribution in [-0.4, -0.2) is 36.2 Å². The molecule has 0 bridgehead atoms. The standard InChI is InChI=1S/C16H19FN2O4/c17-12-8-10(19-14(20)16(5-6-16)15(21)22)3-4-13(12)18-9-11-2-1-7-23-11/h3-4,8,11,18H,1-2,5-7,9H2,(H,19,20)(H,21,22). The molecule has 1 heterocycles. The van der Waals surface area contributed by atoms with E-state index in [0.29, 0.717) is 25.1 Å². The Morgan fingerprint density at radius 1 is 1.39 bits per heavy atom. The molecule has 1 aromatic carbocycles. The number of hydrogen-bond acceptors (Lipinski definition) is 4. The van der Waals surface area contributed by atoms with Crippen molar-refractivity contribution in [1.82, 2.24) is 0 Å². The Kier molecular flexibility index (Phi) is 4.21. The zero-order valence-corrected chi connectivity index (χ0v) is 12.6. The zero-order valence-electron chi connectivity index (χ0n) is 12.6. The lowest BCUT2D eigenvalue weighted by Gasteiger charge is -2.14. The largest absolute Gasteiger partial charge is 0.480 e. The summed E-state index contributed by atoms with van der Waals surface area (Å²) in [6.07, 6.45) is 2.71. The van der Waals surface area contributed by atoms with E-state index >= 15 is 0 Å². The summed E-state index contributed by atoms with van der Waals surface area (Å²) in [6.45, 7) is 1.27. The first-order valence-electron chi connectivity index (χ1n) is 7.71. The van der Waals surface area contributed by atoms with Crippen molar-refractivity contribution < 1.29 is 23.8 Å². The van der Waals surface area contributed by atoms with Crippen molar-refractivity contribution >= 4 is 23.3 Å². The van der Waals surface area contributed by atoms with E-state index in [2.05, 4.69) is 10.6 Å². The minimum atomic E-state index is -1.34. The van der Waals surface area contributed by atoms with Gasteiger partial charge in [-0.3, -0.25) is 9.59 Å². The molecular formula is C16H19FN2O4. The summed E-state index contributed by atoms with van der Waals surface area (Å²) in [7, 11) is 0. The molecule has 2 aliphatic rings.